The number of fused-ring (bicyclic) bond motifs is 1. The number of hydrogen-bond donors (Lipinski definition) is 1. The number of aromatic nitrogens is 2. The molecule has 0 aliphatic carbocycles. The summed E-state index contributed by atoms with van der Waals surface area (Å²) in [5, 5.41) is 14.6. The lowest BCUT2D eigenvalue weighted by atomic mass is 10.1. The van der Waals surface area contributed by atoms with Gasteiger partial charge in [-0.3, -0.25) is 0 Å². The van der Waals surface area contributed by atoms with Gasteiger partial charge in [0.05, 0.1) is 16.8 Å². The van der Waals surface area contributed by atoms with Crippen molar-refractivity contribution in [3.8, 4) is 11.4 Å². The first-order chi connectivity index (χ1) is 16.0. The van der Waals surface area contributed by atoms with E-state index in [1.165, 1.54) is 26.0 Å². The molecule has 0 aliphatic heterocycles. The van der Waals surface area contributed by atoms with Gasteiger partial charge in [-0.1, -0.05) is 12.1 Å². The third-order valence-electron chi connectivity index (χ3n) is 5.15. The molecule has 0 unspecified atom stereocenters. The van der Waals surface area contributed by atoms with E-state index in [0.717, 1.165) is 33.5 Å². The predicted molar refractivity (Wildman–Crippen MR) is 124 cm³/mol. The van der Waals surface area contributed by atoms with Crippen LogP contribution in [0.3, 0.4) is 0 Å². The van der Waals surface area contributed by atoms with Crippen LogP contribution in [-0.2, 0) is 16.7 Å². The first-order valence-electron chi connectivity index (χ1n) is 10.3. The van der Waals surface area contributed by atoms with Gasteiger partial charge in [0.2, 0.25) is 0 Å². The van der Waals surface area contributed by atoms with Crippen molar-refractivity contribution < 1.29 is 27.8 Å². The van der Waals surface area contributed by atoms with E-state index in [1.54, 1.807) is 34.8 Å². The highest BCUT2D eigenvalue weighted by Gasteiger charge is 2.30. The zero-order chi connectivity index (χ0) is 24.5. The summed E-state index contributed by atoms with van der Waals surface area (Å²) in [6.45, 7) is 2.99. The molecule has 9 heteroatoms. The first kappa shape index (κ1) is 23.7. The molecule has 0 saturated heterocycles. The topological polar surface area (TPSA) is 64.4 Å². The van der Waals surface area contributed by atoms with Crippen molar-refractivity contribution in [1.82, 2.24) is 9.78 Å². The van der Waals surface area contributed by atoms with E-state index in [1.807, 2.05) is 30.3 Å². The van der Waals surface area contributed by atoms with Gasteiger partial charge >= 0.3 is 12.1 Å². The van der Waals surface area contributed by atoms with Crippen LogP contribution in [0.4, 0.5) is 13.2 Å². The van der Waals surface area contributed by atoms with Gasteiger partial charge in [-0.25, -0.2) is 9.48 Å². The number of carboxylic acids is 1. The van der Waals surface area contributed by atoms with Crippen LogP contribution in [-0.4, -0.2) is 26.5 Å². The Kier molecular flexibility index (Phi) is 6.31. The normalized spacial score (nSPS) is 12.1. The maximum absolute atomic E-state index is 12.8. The van der Waals surface area contributed by atoms with Gasteiger partial charge in [-0.15, -0.1) is 11.8 Å². The number of aliphatic carboxylic acids is 1. The van der Waals surface area contributed by atoms with E-state index in [-0.39, 0.29) is 0 Å². The van der Waals surface area contributed by atoms with Crippen molar-refractivity contribution in [2.24, 2.45) is 0 Å². The first-order valence-corrected chi connectivity index (χ1v) is 11.3. The second kappa shape index (κ2) is 9.06. The average molecular weight is 487 g/mol. The number of benzene rings is 3. The van der Waals surface area contributed by atoms with Crippen molar-refractivity contribution in [3.63, 3.8) is 0 Å². The Morgan fingerprint density at radius 3 is 2.32 bits per heavy atom. The van der Waals surface area contributed by atoms with E-state index in [2.05, 4.69) is 5.10 Å². The Hall–Kier alpha value is -3.46. The smallest absolute Gasteiger partial charge is 0.416 e. The van der Waals surface area contributed by atoms with Gasteiger partial charge in [0, 0.05) is 22.2 Å². The molecule has 0 spiro atoms. The molecule has 176 valence electrons. The summed E-state index contributed by atoms with van der Waals surface area (Å²) in [6, 6.07) is 18.0. The molecule has 0 radical (unpaired) electrons. The fourth-order valence-electron chi connectivity index (χ4n) is 3.20. The molecule has 4 aromatic rings. The molecule has 4 rings (SSSR count). The minimum absolute atomic E-state index is 0.479. The van der Waals surface area contributed by atoms with Crippen LogP contribution >= 0.6 is 11.8 Å². The van der Waals surface area contributed by atoms with Crippen LogP contribution in [0.5, 0.6) is 5.75 Å². The Bertz CT molecular complexity index is 1310. The molecule has 0 saturated carbocycles. The number of halogens is 3. The molecule has 0 atom stereocenters. The predicted octanol–water partition coefficient (Wildman–Crippen LogP) is 6.58. The fraction of sp³-hybridized carbons (Fsp3) is 0.200. The fourth-order valence-corrected chi connectivity index (χ4v) is 4.04. The van der Waals surface area contributed by atoms with Gasteiger partial charge < -0.3 is 9.84 Å². The summed E-state index contributed by atoms with van der Waals surface area (Å²) in [5.74, 6) is 0.123. The number of carboxylic acid groups (broad SMARTS) is 1. The molecule has 0 aliphatic rings. The molecule has 34 heavy (non-hydrogen) atoms. The highest BCUT2D eigenvalue weighted by molar-refractivity contribution is 7.98. The van der Waals surface area contributed by atoms with E-state index in [4.69, 9.17) is 4.74 Å². The molecule has 1 N–H and O–H groups in total. The average Bonchev–Trinajstić information content (AvgIpc) is 3.21. The van der Waals surface area contributed by atoms with Crippen molar-refractivity contribution in [2.75, 3.05) is 0 Å². The lowest BCUT2D eigenvalue weighted by Crippen LogP contribution is -2.37. The number of thioether (sulfide) groups is 1. The number of carbonyl (C=O) groups is 1. The summed E-state index contributed by atoms with van der Waals surface area (Å²) in [7, 11) is 0. The zero-order valence-corrected chi connectivity index (χ0v) is 19.2. The third-order valence-corrected chi connectivity index (χ3v) is 6.23. The summed E-state index contributed by atoms with van der Waals surface area (Å²) in [6.07, 6.45) is -2.59. The highest BCUT2D eigenvalue weighted by atomic mass is 32.2. The van der Waals surface area contributed by atoms with E-state index in [0.29, 0.717) is 17.2 Å². The standard InChI is InChI=1S/C25H21F3N2O3S/c1-24(2,23(31)32)33-20-9-11-21(12-10-20)34-15-16-3-4-17-14-30(29-22(17)13-16)19-7-5-18(6-8-19)25(26,27)28/h3-14H,15H2,1-2H3,(H,31,32). The minimum Gasteiger partial charge on any atom is -0.478 e. The van der Waals surface area contributed by atoms with E-state index in [9.17, 15) is 23.1 Å². The van der Waals surface area contributed by atoms with Gasteiger partial charge in [0.15, 0.2) is 5.60 Å². The van der Waals surface area contributed by atoms with Crippen LogP contribution in [0.25, 0.3) is 16.6 Å². The second-order valence-corrected chi connectivity index (χ2v) is 9.24. The lowest BCUT2D eigenvalue weighted by molar-refractivity contribution is -0.152. The SMILES string of the molecule is CC(C)(Oc1ccc(SCc2ccc3cn(-c4ccc(C(F)(F)F)cc4)nc3c2)cc1)C(=O)O. The molecular weight excluding hydrogens is 465 g/mol. The Labute approximate surface area is 198 Å². The number of alkyl halides is 3. The van der Waals surface area contributed by atoms with Gasteiger partial charge in [0.1, 0.15) is 5.75 Å². The summed E-state index contributed by atoms with van der Waals surface area (Å²) >= 11 is 1.61. The van der Waals surface area contributed by atoms with Crippen LogP contribution in [0.15, 0.2) is 77.8 Å². The van der Waals surface area contributed by atoms with Crippen molar-refractivity contribution in [2.45, 2.75) is 36.3 Å². The van der Waals surface area contributed by atoms with Crippen LogP contribution in [0.2, 0.25) is 0 Å². The monoisotopic (exact) mass is 486 g/mol. The Balaban J connectivity index is 1.43. The number of hydrogen-bond acceptors (Lipinski definition) is 4. The van der Waals surface area contributed by atoms with Crippen molar-refractivity contribution >= 4 is 28.6 Å². The Morgan fingerprint density at radius 2 is 1.71 bits per heavy atom. The third kappa shape index (κ3) is 5.36. The molecule has 0 bridgehead atoms. The largest absolute Gasteiger partial charge is 0.478 e. The molecule has 5 nitrogen and oxygen atoms in total. The minimum atomic E-state index is -4.37. The van der Waals surface area contributed by atoms with E-state index >= 15 is 0 Å². The maximum Gasteiger partial charge on any atom is 0.416 e. The van der Waals surface area contributed by atoms with E-state index < -0.39 is 23.3 Å². The van der Waals surface area contributed by atoms with Crippen LogP contribution in [0.1, 0.15) is 25.0 Å². The van der Waals surface area contributed by atoms with Gasteiger partial charge in [0.25, 0.3) is 0 Å². The molecule has 0 fully saturated rings. The zero-order valence-electron chi connectivity index (χ0n) is 18.3. The maximum atomic E-state index is 12.8. The Morgan fingerprint density at radius 1 is 1.03 bits per heavy atom. The molecule has 1 heterocycles. The summed E-state index contributed by atoms with van der Waals surface area (Å²) < 4.78 is 45.5. The lowest BCUT2D eigenvalue weighted by Gasteiger charge is -2.21. The molecule has 0 amide bonds. The highest BCUT2D eigenvalue weighted by Crippen LogP contribution is 2.30. The summed E-state index contributed by atoms with van der Waals surface area (Å²) in [4.78, 5) is 12.2. The number of nitrogens with zero attached hydrogens (tertiary/aromatic N) is 2. The second-order valence-electron chi connectivity index (χ2n) is 8.19. The van der Waals surface area contributed by atoms with Gasteiger partial charge in [-0.05, 0) is 74.0 Å². The van der Waals surface area contributed by atoms with Crippen LogP contribution in [0, 0.1) is 0 Å². The van der Waals surface area contributed by atoms with Crippen LogP contribution < -0.4 is 4.74 Å². The molecule has 1 aromatic heterocycles. The van der Waals surface area contributed by atoms with Crippen molar-refractivity contribution in [3.05, 3.63) is 84.1 Å². The quantitative estimate of drug-likeness (QED) is 0.299. The number of ether oxygens (including phenoxy) is 1. The van der Waals surface area contributed by atoms with Gasteiger partial charge in [-0.2, -0.15) is 18.3 Å². The number of rotatable bonds is 7. The molecule has 3 aromatic carbocycles. The molecular formula is C25H21F3N2O3S. The van der Waals surface area contributed by atoms with Crippen molar-refractivity contribution in [1.29, 1.82) is 0 Å². The summed E-state index contributed by atoms with van der Waals surface area (Å²) in [5.41, 5.74) is 0.333.